The molecule has 0 saturated heterocycles. The van der Waals surface area contributed by atoms with Crippen LogP contribution in [-0.2, 0) is 14.8 Å². The second-order valence-corrected chi connectivity index (χ2v) is 8.25. The Hall–Kier alpha value is -1.32. The van der Waals surface area contributed by atoms with Crippen LogP contribution in [0.15, 0.2) is 18.2 Å². The minimum absolute atomic E-state index is 0.106. The summed E-state index contributed by atoms with van der Waals surface area (Å²) in [7, 11) is -3.56. The lowest BCUT2D eigenvalue weighted by Crippen LogP contribution is -2.29. The van der Waals surface area contributed by atoms with Crippen LogP contribution in [0.25, 0.3) is 0 Å². The molecular weight excluding hydrogens is 371 g/mol. The third-order valence-electron chi connectivity index (χ3n) is 3.33. The van der Waals surface area contributed by atoms with Crippen molar-refractivity contribution in [3.05, 3.63) is 29.6 Å². The summed E-state index contributed by atoms with van der Waals surface area (Å²) in [6.07, 6.45) is -2.38. The lowest BCUT2D eigenvalue weighted by molar-refractivity contribution is 0.0798. The van der Waals surface area contributed by atoms with E-state index >= 15 is 0 Å². The molecular formula is C17H26F3NO4S. The maximum absolute atomic E-state index is 13.6. The van der Waals surface area contributed by atoms with E-state index in [2.05, 4.69) is 4.72 Å². The molecule has 0 aliphatic rings. The Morgan fingerprint density at radius 3 is 2.46 bits per heavy atom. The van der Waals surface area contributed by atoms with Gasteiger partial charge in [0.25, 0.3) is 6.43 Å². The van der Waals surface area contributed by atoms with Crippen molar-refractivity contribution in [2.45, 2.75) is 39.7 Å². The zero-order chi connectivity index (χ0) is 19.7. The molecule has 1 N–H and O–H groups in total. The van der Waals surface area contributed by atoms with E-state index in [1.54, 1.807) is 6.92 Å². The highest BCUT2D eigenvalue weighted by Gasteiger charge is 2.18. The van der Waals surface area contributed by atoms with Gasteiger partial charge >= 0.3 is 0 Å². The lowest BCUT2D eigenvalue weighted by Gasteiger charge is -2.16. The zero-order valence-electron chi connectivity index (χ0n) is 15.2. The number of hydrogen-bond donors (Lipinski definition) is 1. The van der Waals surface area contributed by atoms with Crippen LogP contribution in [0, 0.1) is 11.7 Å². The number of sulfonamides is 1. The topological polar surface area (TPSA) is 64.6 Å². The number of alkyl halides is 2. The fourth-order valence-corrected chi connectivity index (χ4v) is 3.41. The van der Waals surface area contributed by atoms with Gasteiger partial charge in [-0.3, -0.25) is 0 Å². The monoisotopic (exact) mass is 397 g/mol. The molecule has 1 atom stereocenters. The number of rotatable bonds is 12. The summed E-state index contributed by atoms with van der Waals surface area (Å²) in [4.78, 5) is 0. The Morgan fingerprint density at radius 1 is 1.15 bits per heavy atom. The van der Waals surface area contributed by atoms with E-state index in [1.807, 2.05) is 13.8 Å². The first-order valence-corrected chi connectivity index (χ1v) is 10.0. The molecule has 0 fully saturated rings. The standard InChI is InChI=1S/C17H26F3NO4S/c1-12(2)10-24-7-4-8-26(22,23)21-13(3)14-5-6-15(18)16(9-14)25-11-17(19)20/h5-6,9,12-13,17,21H,4,7-8,10-11H2,1-3H3/t13-/m1/s1. The Morgan fingerprint density at radius 2 is 1.85 bits per heavy atom. The maximum atomic E-state index is 13.6. The average molecular weight is 397 g/mol. The Labute approximate surface area is 152 Å². The quantitative estimate of drug-likeness (QED) is 0.548. The van der Waals surface area contributed by atoms with Gasteiger partial charge in [-0.1, -0.05) is 19.9 Å². The van der Waals surface area contributed by atoms with Gasteiger partial charge < -0.3 is 9.47 Å². The first-order valence-electron chi connectivity index (χ1n) is 8.39. The summed E-state index contributed by atoms with van der Waals surface area (Å²) in [5, 5.41) is 0. The normalized spacial score (nSPS) is 13.4. The number of halogens is 3. The van der Waals surface area contributed by atoms with Crippen molar-refractivity contribution < 1.29 is 31.1 Å². The molecule has 1 rings (SSSR count). The van der Waals surface area contributed by atoms with Crippen LogP contribution in [0.4, 0.5) is 13.2 Å². The first kappa shape index (κ1) is 22.7. The maximum Gasteiger partial charge on any atom is 0.272 e. The Balaban J connectivity index is 2.59. The van der Waals surface area contributed by atoms with Crippen molar-refractivity contribution >= 4 is 10.0 Å². The van der Waals surface area contributed by atoms with Crippen LogP contribution in [-0.4, -0.2) is 40.4 Å². The third-order valence-corrected chi connectivity index (χ3v) is 4.87. The summed E-state index contributed by atoms with van der Waals surface area (Å²) in [5.74, 6) is -0.849. The van der Waals surface area contributed by atoms with Gasteiger partial charge in [0.15, 0.2) is 11.6 Å². The first-order chi connectivity index (χ1) is 12.1. The summed E-state index contributed by atoms with van der Waals surface area (Å²) in [6, 6.07) is 2.99. The fourth-order valence-electron chi connectivity index (χ4n) is 2.12. The summed E-state index contributed by atoms with van der Waals surface area (Å²) in [6.45, 7) is 5.56. The van der Waals surface area contributed by atoms with E-state index in [0.29, 0.717) is 31.1 Å². The van der Waals surface area contributed by atoms with E-state index < -0.39 is 34.9 Å². The third kappa shape index (κ3) is 8.86. The summed E-state index contributed by atoms with van der Waals surface area (Å²) in [5.41, 5.74) is 0.412. The molecule has 0 spiro atoms. The number of benzene rings is 1. The number of ether oxygens (including phenoxy) is 2. The Kier molecular flexibility index (Phi) is 9.38. The molecule has 1 aromatic carbocycles. The second-order valence-electron chi connectivity index (χ2n) is 6.37. The van der Waals surface area contributed by atoms with Crippen LogP contribution in [0.2, 0.25) is 0 Å². The molecule has 1 aromatic rings. The molecule has 0 radical (unpaired) electrons. The van der Waals surface area contributed by atoms with E-state index in [1.165, 1.54) is 12.1 Å². The molecule has 0 amide bonds. The minimum atomic E-state index is -3.56. The van der Waals surface area contributed by atoms with Gasteiger partial charge in [-0.25, -0.2) is 26.3 Å². The molecule has 0 unspecified atom stereocenters. The molecule has 0 aliphatic carbocycles. The van der Waals surface area contributed by atoms with E-state index in [4.69, 9.17) is 9.47 Å². The minimum Gasteiger partial charge on any atom is -0.485 e. The van der Waals surface area contributed by atoms with Gasteiger partial charge in [0.1, 0.15) is 6.61 Å². The van der Waals surface area contributed by atoms with Crippen molar-refractivity contribution in [1.82, 2.24) is 4.72 Å². The highest BCUT2D eigenvalue weighted by molar-refractivity contribution is 7.89. The van der Waals surface area contributed by atoms with Gasteiger partial charge in [-0.05, 0) is 37.0 Å². The molecule has 0 heterocycles. The second kappa shape index (κ2) is 10.7. The van der Waals surface area contributed by atoms with Crippen molar-refractivity contribution in [2.75, 3.05) is 25.6 Å². The van der Waals surface area contributed by atoms with Gasteiger partial charge in [-0.15, -0.1) is 0 Å². The SMILES string of the molecule is CC(C)COCCCS(=O)(=O)N[C@H](C)c1ccc(F)c(OCC(F)F)c1. The van der Waals surface area contributed by atoms with Gasteiger partial charge in [0.2, 0.25) is 10.0 Å². The van der Waals surface area contributed by atoms with Crippen LogP contribution in [0.3, 0.4) is 0 Å². The molecule has 9 heteroatoms. The van der Waals surface area contributed by atoms with Crippen LogP contribution in [0.1, 0.15) is 38.8 Å². The summed E-state index contributed by atoms with van der Waals surface area (Å²) >= 11 is 0. The van der Waals surface area contributed by atoms with E-state index in [9.17, 15) is 21.6 Å². The van der Waals surface area contributed by atoms with Gasteiger partial charge in [0, 0.05) is 19.3 Å². The van der Waals surface area contributed by atoms with E-state index in [-0.39, 0.29) is 11.5 Å². The van der Waals surface area contributed by atoms with Gasteiger partial charge in [0.05, 0.1) is 5.75 Å². The predicted molar refractivity (Wildman–Crippen MR) is 93.5 cm³/mol. The van der Waals surface area contributed by atoms with Crippen molar-refractivity contribution in [3.63, 3.8) is 0 Å². The average Bonchev–Trinajstić information content (AvgIpc) is 2.52. The lowest BCUT2D eigenvalue weighted by atomic mass is 10.1. The number of hydrogen-bond acceptors (Lipinski definition) is 4. The van der Waals surface area contributed by atoms with Crippen molar-refractivity contribution in [3.8, 4) is 5.75 Å². The van der Waals surface area contributed by atoms with Crippen molar-refractivity contribution in [2.24, 2.45) is 5.92 Å². The summed E-state index contributed by atoms with van der Waals surface area (Å²) < 4.78 is 74.7. The molecule has 0 aliphatic heterocycles. The van der Waals surface area contributed by atoms with Crippen LogP contribution in [0.5, 0.6) is 5.75 Å². The predicted octanol–water partition coefficient (Wildman–Crippen LogP) is 3.51. The fraction of sp³-hybridized carbons (Fsp3) is 0.647. The zero-order valence-corrected chi connectivity index (χ0v) is 16.0. The smallest absolute Gasteiger partial charge is 0.272 e. The van der Waals surface area contributed by atoms with Crippen LogP contribution >= 0.6 is 0 Å². The highest BCUT2D eigenvalue weighted by Crippen LogP contribution is 2.23. The van der Waals surface area contributed by atoms with Crippen molar-refractivity contribution in [1.29, 1.82) is 0 Å². The largest absolute Gasteiger partial charge is 0.485 e. The molecule has 5 nitrogen and oxygen atoms in total. The molecule has 0 saturated carbocycles. The molecule has 150 valence electrons. The number of nitrogens with one attached hydrogen (secondary N) is 1. The van der Waals surface area contributed by atoms with Crippen LogP contribution < -0.4 is 9.46 Å². The molecule has 0 bridgehead atoms. The van der Waals surface area contributed by atoms with Gasteiger partial charge in [-0.2, -0.15) is 0 Å². The Bertz CT molecular complexity index is 653. The van der Waals surface area contributed by atoms with E-state index in [0.717, 1.165) is 6.07 Å². The highest BCUT2D eigenvalue weighted by atomic mass is 32.2. The molecule has 26 heavy (non-hydrogen) atoms. The molecule has 0 aromatic heterocycles.